The normalized spacial score (nSPS) is 49.6. The molecule has 0 aromatic carbocycles. The molecular weight excluding hydrogens is 836 g/mol. The van der Waals surface area contributed by atoms with Crippen LogP contribution in [0.3, 0.4) is 0 Å². The molecule has 5 aliphatic rings. The fourth-order valence-corrected chi connectivity index (χ4v) is 7.74. The van der Waals surface area contributed by atoms with E-state index in [9.17, 15) is 81.1 Å². The Morgan fingerprint density at radius 2 is 0.803 bits per heavy atom. The average molecular weight is 895 g/mol. The molecule has 0 aromatic heterocycles. The van der Waals surface area contributed by atoms with Gasteiger partial charge in [-0.05, 0) is 6.92 Å². The molecule has 16 N–H and O–H groups in total. The van der Waals surface area contributed by atoms with Crippen molar-refractivity contribution < 1.29 is 124 Å². The van der Waals surface area contributed by atoms with Crippen molar-refractivity contribution in [2.24, 2.45) is 0 Å². The molecule has 27 heteroatoms. The highest BCUT2D eigenvalue weighted by Gasteiger charge is 2.58. The Kier molecular flexibility index (Phi) is 17.5. The van der Waals surface area contributed by atoms with E-state index in [-0.39, 0.29) is 0 Å². The van der Waals surface area contributed by atoms with Crippen LogP contribution in [0.15, 0.2) is 0 Å². The molecule has 27 nitrogen and oxygen atoms in total. The lowest BCUT2D eigenvalue weighted by molar-refractivity contribution is -0.402. The Labute approximate surface area is 346 Å². The van der Waals surface area contributed by atoms with Gasteiger partial charge in [-0.3, -0.25) is 9.59 Å². The van der Waals surface area contributed by atoms with Crippen molar-refractivity contribution in [2.75, 3.05) is 26.4 Å². The maximum atomic E-state index is 12.7. The number of carbonyl (C=O) groups excluding carboxylic acids is 2. The molecule has 25 atom stereocenters. The fourth-order valence-electron chi connectivity index (χ4n) is 7.74. The number of hydrogen-bond acceptors (Lipinski definition) is 25. The summed E-state index contributed by atoms with van der Waals surface area (Å²) in [5.74, 6) is -1.55. The summed E-state index contributed by atoms with van der Waals surface area (Å²) in [6.45, 7) is -0.335. The van der Waals surface area contributed by atoms with Crippen LogP contribution >= 0.6 is 0 Å². The summed E-state index contributed by atoms with van der Waals surface area (Å²) in [7, 11) is 0. The van der Waals surface area contributed by atoms with Crippen LogP contribution in [0.25, 0.3) is 0 Å². The quantitative estimate of drug-likeness (QED) is 0.0770. The first-order valence-corrected chi connectivity index (χ1v) is 19.5. The molecule has 5 heterocycles. The average Bonchev–Trinajstić information content (AvgIpc) is 3.22. The second-order valence-corrected chi connectivity index (χ2v) is 15.4. The Morgan fingerprint density at radius 1 is 0.426 bits per heavy atom. The highest BCUT2D eigenvalue weighted by atomic mass is 16.8. The molecule has 5 fully saturated rings. The van der Waals surface area contributed by atoms with Gasteiger partial charge in [0, 0.05) is 13.8 Å². The summed E-state index contributed by atoms with van der Waals surface area (Å²) in [6.07, 6.45) is -42.3. The van der Waals surface area contributed by atoms with E-state index in [0.717, 1.165) is 13.8 Å². The molecule has 61 heavy (non-hydrogen) atoms. The van der Waals surface area contributed by atoms with Crippen molar-refractivity contribution in [3.8, 4) is 0 Å². The van der Waals surface area contributed by atoms with E-state index in [1.54, 1.807) is 0 Å². The number of aliphatic hydroxyl groups is 14. The first-order valence-electron chi connectivity index (χ1n) is 19.5. The summed E-state index contributed by atoms with van der Waals surface area (Å²) in [6, 6.07) is -3.28. The molecule has 5 rings (SSSR count). The summed E-state index contributed by atoms with van der Waals surface area (Å²) in [4.78, 5) is 24.8. The highest BCUT2D eigenvalue weighted by Crippen LogP contribution is 2.37. The Bertz CT molecular complexity index is 1420. The number of ether oxygens (including phenoxy) is 9. The van der Waals surface area contributed by atoms with Gasteiger partial charge in [0.15, 0.2) is 31.5 Å². The van der Waals surface area contributed by atoms with E-state index >= 15 is 0 Å². The van der Waals surface area contributed by atoms with E-state index in [2.05, 4.69) is 10.6 Å². The summed E-state index contributed by atoms with van der Waals surface area (Å²) < 4.78 is 52.2. The van der Waals surface area contributed by atoms with Gasteiger partial charge >= 0.3 is 0 Å². The molecule has 1 unspecified atom stereocenters. The predicted octanol–water partition coefficient (Wildman–Crippen LogP) is -10.6. The van der Waals surface area contributed by atoms with E-state index in [1.807, 2.05) is 0 Å². The van der Waals surface area contributed by atoms with Gasteiger partial charge in [0.05, 0.1) is 32.5 Å². The minimum atomic E-state index is -2.08. The van der Waals surface area contributed by atoms with Crippen molar-refractivity contribution in [2.45, 2.75) is 174 Å². The van der Waals surface area contributed by atoms with E-state index < -0.39 is 192 Å². The lowest BCUT2D eigenvalue weighted by Crippen LogP contribution is -2.71. The largest absolute Gasteiger partial charge is 0.394 e. The molecule has 5 aliphatic heterocycles. The first-order chi connectivity index (χ1) is 28.8. The van der Waals surface area contributed by atoms with Crippen LogP contribution in [0.4, 0.5) is 0 Å². The SMILES string of the molecule is CC(=O)N[C@H]1[C@H](O[C@H]2[C@@H](O)[C@@H](CO)OC(O)[C@@H]2NC(C)=O)O[C@H](CO)[C@@H](O)[C@@H]1O[C@@H]1O[C@H](CO)[C@H](O)[C@H](O[C@H]2O[C@H](CO)[C@H](O)[C@H](O)[C@H]2O)[C@H]1O[C@@H]1O[C@@H](C)[C@@H](O)[C@@H](O)[C@@H]1O. The molecule has 354 valence electrons. The van der Waals surface area contributed by atoms with E-state index in [4.69, 9.17) is 42.6 Å². The lowest BCUT2D eigenvalue weighted by atomic mass is 9.93. The number of amides is 2. The van der Waals surface area contributed by atoms with E-state index in [1.165, 1.54) is 6.92 Å². The molecule has 0 aromatic rings. The molecule has 0 spiro atoms. The molecule has 0 aliphatic carbocycles. The Morgan fingerprint density at radius 3 is 1.34 bits per heavy atom. The van der Waals surface area contributed by atoms with Crippen LogP contribution in [-0.2, 0) is 52.2 Å². The summed E-state index contributed by atoms with van der Waals surface area (Å²) in [5, 5.41) is 154. The van der Waals surface area contributed by atoms with Gasteiger partial charge in [0.1, 0.15) is 116 Å². The van der Waals surface area contributed by atoms with Gasteiger partial charge in [0.2, 0.25) is 11.8 Å². The zero-order valence-electron chi connectivity index (χ0n) is 33.0. The Balaban J connectivity index is 1.56. The first kappa shape index (κ1) is 50.0. The second kappa shape index (κ2) is 21.3. The number of aliphatic hydroxyl groups excluding tert-OH is 14. The van der Waals surface area contributed by atoms with Crippen LogP contribution in [-0.4, -0.2) is 263 Å². The highest BCUT2D eigenvalue weighted by molar-refractivity contribution is 5.73. The molecule has 0 bridgehead atoms. The monoisotopic (exact) mass is 894 g/mol. The van der Waals surface area contributed by atoms with Crippen LogP contribution in [0, 0.1) is 0 Å². The molecular formula is C34H58N2O25. The maximum absolute atomic E-state index is 12.7. The predicted molar refractivity (Wildman–Crippen MR) is 188 cm³/mol. The van der Waals surface area contributed by atoms with Gasteiger partial charge in [-0.2, -0.15) is 0 Å². The van der Waals surface area contributed by atoms with E-state index in [0.29, 0.717) is 0 Å². The smallest absolute Gasteiger partial charge is 0.217 e. The molecule has 5 saturated heterocycles. The third-order valence-electron chi connectivity index (χ3n) is 11.1. The summed E-state index contributed by atoms with van der Waals surface area (Å²) in [5.41, 5.74) is 0. The third kappa shape index (κ3) is 10.8. The van der Waals surface area contributed by atoms with Crippen molar-refractivity contribution in [1.82, 2.24) is 10.6 Å². The second-order valence-electron chi connectivity index (χ2n) is 15.4. The molecule has 2 amide bonds. The van der Waals surface area contributed by atoms with Crippen LogP contribution in [0.2, 0.25) is 0 Å². The molecule has 0 radical (unpaired) electrons. The third-order valence-corrected chi connectivity index (χ3v) is 11.1. The number of rotatable bonds is 14. The minimum absolute atomic E-state index is 0.728. The fraction of sp³-hybridized carbons (Fsp3) is 0.941. The zero-order valence-corrected chi connectivity index (χ0v) is 33.0. The maximum Gasteiger partial charge on any atom is 0.217 e. The van der Waals surface area contributed by atoms with Crippen molar-refractivity contribution >= 4 is 11.8 Å². The summed E-state index contributed by atoms with van der Waals surface area (Å²) >= 11 is 0. The van der Waals surface area contributed by atoms with Crippen LogP contribution in [0.1, 0.15) is 20.8 Å². The van der Waals surface area contributed by atoms with Gasteiger partial charge < -0.3 is 125 Å². The molecule has 0 saturated carbocycles. The Hall–Kier alpha value is -1.98. The number of hydrogen-bond donors (Lipinski definition) is 16. The van der Waals surface area contributed by atoms with Gasteiger partial charge in [-0.25, -0.2) is 0 Å². The van der Waals surface area contributed by atoms with Crippen molar-refractivity contribution in [3.63, 3.8) is 0 Å². The topological polar surface area (TPSA) is 424 Å². The number of nitrogens with one attached hydrogen (secondary N) is 2. The van der Waals surface area contributed by atoms with Crippen molar-refractivity contribution in [3.05, 3.63) is 0 Å². The van der Waals surface area contributed by atoms with Crippen LogP contribution < -0.4 is 10.6 Å². The number of carbonyl (C=O) groups is 2. The lowest BCUT2D eigenvalue weighted by Gasteiger charge is -2.51. The van der Waals surface area contributed by atoms with Gasteiger partial charge in [-0.15, -0.1) is 0 Å². The van der Waals surface area contributed by atoms with Crippen LogP contribution in [0.5, 0.6) is 0 Å². The zero-order chi connectivity index (χ0) is 45.2. The van der Waals surface area contributed by atoms with Gasteiger partial charge in [-0.1, -0.05) is 0 Å². The van der Waals surface area contributed by atoms with Gasteiger partial charge in [0.25, 0.3) is 0 Å². The standard InChI is InChI=1S/C34H58N2O25/c1-8-17(43)22(48)24(50)32(53-8)61-29-28(60-33-25(51)23(49)18(44)11(4-37)56-33)21(47)14(7-40)57-34(29)59-27-16(36-10(3)42)31(55-13(6-39)20(27)46)58-26-15(35-9(2)41)30(52)54-12(5-38)19(26)45/h8,11-34,37-40,43-52H,4-7H2,1-3H3,(H,35,41)(H,36,42)/t8-,11+,12+,13+,14+,15+,16+,17+,18-,19-,20+,21-,22+,23-,24-,25+,26+,27+,28-,29+,30?,31-,32-,33+,34-/m0/s1. The van der Waals surface area contributed by atoms with Crippen molar-refractivity contribution in [1.29, 1.82) is 0 Å². The minimum Gasteiger partial charge on any atom is -0.394 e.